The van der Waals surface area contributed by atoms with Gasteiger partial charge in [0.15, 0.2) is 0 Å². The standard InChI is InChI=1S/C12H18O2/c13-11(14)12(8-9-12)10-6-4-2-1-3-5-7-10/h4,6,10H,1-3,5,7-9H2,(H,13,14)/b6-4-. The maximum Gasteiger partial charge on any atom is 0.310 e. The molecular weight excluding hydrogens is 176 g/mol. The highest BCUT2D eigenvalue weighted by Crippen LogP contribution is 2.54. The molecule has 0 aliphatic heterocycles. The van der Waals surface area contributed by atoms with Gasteiger partial charge in [0.1, 0.15) is 0 Å². The van der Waals surface area contributed by atoms with E-state index in [0.717, 1.165) is 25.7 Å². The van der Waals surface area contributed by atoms with Crippen LogP contribution >= 0.6 is 0 Å². The van der Waals surface area contributed by atoms with Crippen molar-refractivity contribution < 1.29 is 9.90 Å². The molecule has 0 radical (unpaired) electrons. The quantitative estimate of drug-likeness (QED) is 0.686. The molecular formula is C12H18O2. The highest BCUT2D eigenvalue weighted by atomic mass is 16.4. The summed E-state index contributed by atoms with van der Waals surface area (Å²) in [6.45, 7) is 0. The monoisotopic (exact) mass is 194 g/mol. The summed E-state index contributed by atoms with van der Waals surface area (Å²) < 4.78 is 0. The van der Waals surface area contributed by atoms with E-state index in [9.17, 15) is 9.90 Å². The van der Waals surface area contributed by atoms with Crippen LogP contribution in [0.25, 0.3) is 0 Å². The number of carboxylic acids is 1. The molecule has 14 heavy (non-hydrogen) atoms. The lowest BCUT2D eigenvalue weighted by Crippen LogP contribution is -2.24. The largest absolute Gasteiger partial charge is 0.481 e. The summed E-state index contributed by atoms with van der Waals surface area (Å²) in [4.78, 5) is 11.1. The number of hydrogen-bond donors (Lipinski definition) is 1. The summed E-state index contributed by atoms with van der Waals surface area (Å²) in [7, 11) is 0. The van der Waals surface area contributed by atoms with E-state index in [1.807, 2.05) is 0 Å². The fraction of sp³-hybridized carbons (Fsp3) is 0.750. The molecule has 1 saturated carbocycles. The van der Waals surface area contributed by atoms with Crippen molar-refractivity contribution in [2.75, 3.05) is 0 Å². The Balaban J connectivity index is 2.07. The van der Waals surface area contributed by atoms with Gasteiger partial charge < -0.3 is 5.11 Å². The first-order valence-corrected chi connectivity index (χ1v) is 5.66. The van der Waals surface area contributed by atoms with E-state index in [1.54, 1.807) is 0 Å². The van der Waals surface area contributed by atoms with E-state index in [0.29, 0.717) is 5.92 Å². The fourth-order valence-corrected chi connectivity index (χ4v) is 2.50. The molecule has 0 aromatic carbocycles. The SMILES string of the molecule is O=C(O)C1(C2/C=C\CCCCC2)CC1. The predicted molar refractivity (Wildman–Crippen MR) is 55.0 cm³/mol. The minimum Gasteiger partial charge on any atom is -0.481 e. The Labute approximate surface area is 85.0 Å². The van der Waals surface area contributed by atoms with E-state index >= 15 is 0 Å². The molecule has 0 amide bonds. The first-order chi connectivity index (χ1) is 6.76. The number of rotatable bonds is 2. The van der Waals surface area contributed by atoms with Gasteiger partial charge in [-0.15, -0.1) is 0 Å². The van der Waals surface area contributed by atoms with Crippen molar-refractivity contribution in [2.45, 2.75) is 44.9 Å². The number of carboxylic acid groups (broad SMARTS) is 1. The van der Waals surface area contributed by atoms with Crippen molar-refractivity contribution in [1.29, 1.82) is 0 Å². The van der Waals surface area contributed by atoms with Crippen LogP contribution in [0.1, 0.15) is 44.9 Å². The van der Waals surface area contributed by atoms with Gasteiger partial charge in [-0.25, -0.2) is 0 Å². The topological polar surface area (TPSA) is 37.3 Å². The summed E-state index contributed by atoms with van der Waals surface area (Å²) in [5.41, 5.74) is -0.367. The van der Waals surface area contributed by atoms with Crippen LogP contribution in [0.3, 0.4) is 0 Å². The Hall–Kier alpha value is -0.790. The Morgan fingerprint density at radius 1 is 1.29 bits per heavy atom. The summed E-state index contributed by atoms with van der Waals surface area (Å²) in [6.07, 6.45) is 12.1. The van der Waals surface area contributed by atoms with Crippen LogP contribution in [0.4, 0.5) is 0 Å². The minimum absolute atomic E-state index is 0.306. The number of allylic oxidation sites excluding steroid dienone is 2. The van der Waals surface area contributed by atoms with Crippen LogP contribution in [-0.2, 0) is 4.79 Å². The van der Waals surface area contributed by atoms with E-state index in [2.05, 4.69) is 12.2 Å². The van der Waals surface area contributed by atoms with Gasteiger partial charge in [0.2, 0.25) is 0 Å². The molecule has 0 heterocycles. The molecule has 0 spiro atoms. The van der Waals surface area contributed by atoms with Gasteiger partial charge in [-0.1, -0.05) is 25.0 Å². The van der Waals surface area contributed by atoms with Gasteiger partial charge in [-0.3, -0.25) is 4.79 Å². The Kier molecular flexibility index (Phi) is 2.62. The molecule has 0 saturated heterocycles. The highest BCUT2D eigenvalue weighted by molar-refractivity contribution is 5.78. The molecule has 2 heteroatoms. The van der Waals surface area contributed by atoms with Gasteiger partial charge in [0.05, 0.1) is 5.41 Å². The van der Waals surface area contributed by atoms with Gasteiger partial charge >= 0.3 is 5.97 Å². The second kappa shape index (κ2) is 3.76. The van der Waals surface area contributed by atoms with Gasteiger partial charge in [-0.2, -0.15) is 0 Å². The molecule has 2 rings (SSSR count). The lowest BCUT2D eigenvalue weighted by Gasteiger charge is -2.21. The summed E-state index contributed by atoms with van der Waals surface area (Å²) in [6, 6.07) is 0. The van der Waals surface area contributed by atoms with Crippen LogP contribution < -0.4 is 0 Å². The third-order valence-corrected chi connectivity index (χ3v) is 3.68. The van der Waals surface area contributed by atoms with Crippen LogP contribution in [0.15, 0.2) is 12.2 Å². The second-order valence-corrected chi connectivity index (χ2v) is 4.63. The summed E-state index contributed by atoms with van der Waals surface area (Å²) >= 11 is 0. The van der Waals surface area contributed by atoms with Crippen LogP contribution in [0.2, 0.25) is 0 Å². The Bertz CT molecular complexity index is 251. The van der Waals surface area contributed by atoms with E-state index < -0.39 is 5.97 Å². The molecule has 1 atom stereocenters. The van der Waals surface area contributed by atoms with Crippen molar-refractivity contribution in [3.05, 3.63) is 12.2 Å². The fourth-order valence-electron chi connectivity index (χ4n) is 2.50. The molecule has 0 aromatic heterocycles. The normalized spacial score (nSPS) is 32.7. The summed E-state index contributed by atoms with van der Waals surface area (Å²) in [5.74, 6) is -0.270. The maximum atomic E-state index is 11.1. The minimum atomic E-state index is -0.576. The molecule has 2 aliphatic carbocycles. The Morgan fingerprint density at radius 3 is 2.71 bits per heavy atom. The van der Waals surface area contributed by atoms with E-state index in [1.165, 1.54) is 19.3 Å². The van der Waals surface area contributed by atoms with Crippen LogP contribution in [-0.4, -0.2) is 11.1 Å². The lowest BCUT2D eigenvalue weighted by molar-refractivity contribution is -0.145. The van der Waals surface area contributed by atoms with Crippen molar-refractivity contribution in [3.8, 4) is 0 Å². The number of hydrogen-bond acceptors (Lipinski definition) is 1. The molecule has 0 bridgehead atoms. The average molecular weight is 194 g/mol. The Morgan fingerprint density at radius 2 is 2.07 bits per heavy atom. The van der Waals surface area contributed by atoms with Gasteiger partial charge in [0.25, 0.3) is 0 Å². The lowest BCUT2D eigenvalue weighted by atomic mass is 9.83. The molecule has 1 fully saturated rings. The van der Waals surface area contributed by atoms with Crippen LogP contribution in [0, 0.1) is 11.3 Å². The molecule has 1 unspecified atom stereocenters. The van der Waals surface area contributed by atoms with Crippen molar-refractivity contribution in [1.82, 2.24) is 0 Å². The average Bonchev–Trinajstić information content (AvgIpc) is 2.83. The smallest absolute Gasteiger partial charge is 0.310 e. The second-order valence-electron chi connectivity index (χ2n) is 4.63. The van der Waals surface area contributed by atoms with Crippen molar-refractivity contribution >= 4 is 5.97 Å². The zero-order valence-electron chi connectivity index (χ0n) is 8.54. The third-order valence-electron chi connectivity index (χ3n) is 3.68. The van der Waals surface area contributed by atoms with Crippen molar-refractivity contribution in [3.63, 3.8) is 0 Å². The zero-order chi connectivity index (χ0) is 10.0. The van der Waals surface area contributed by atoms with E-state index in [-0.39, 0.29) is 5.41 Å². The van der Waals surface area contributed by atoms with Crippen LogP contribution in [0.5, 0.6) is 0 Å². The predicted octanol–water partition coefficient (Wildman–Crippen LogP) is 2.99. The van der Waals surface area contributed by atoms with Crippen molar-refractivity contribution in [2.24, 2.45) is 11.3 Å². The number of carbonyl (C=O) groups is 1. The van der Waals surface area contributed by atoms with Gasteiger partial charge in [-0.05, 0) is 38.0 Å². The highest BCUT2D eigenvalue weighted by Gasteiger charge is 2.54. The van der Waals surface area contributed by atoms with E-state index in [4.69, 9.17) is 0 Å². The first-order valence-electron chi connectivity index (χ1n) is 5.66. The molecule has 0 aromatic rings. The first kappa shape index (κ1) is 9.75. The molecule has 1 N–H and O–H groups in total. The third kappa shape index (κ3) is 1.70. The molecule has 78 valence electrons. The zero-order valence-corrected chi connectivity index (χ0v) is 8.54. The van der Waals surface area contributed by atoms with Gasteiger partial charge in [0, 0.05) is 0 Å². The summed E-state index contributed by atoms with van der Waals surface area (Å²) in [5, 5.41) is 9.18. The molecule has 2 aliphatic rings. The molecule has 2 nitrogen and oxygen atoms in total. The maximum absolute atomic E-state index is 11.1. The number of aliphatic carboxylic acids is 1.